The van der Waals surface area contributed by atoms with Crippen molar-refractivity contribution in [2.45, 2.75) is 190 Å². The summed E-state index contributed by atoms with van der Waals surface area (Å²) in [5.74, 6) is -0.208. The Bertz CT molecular complexity index is 477. The first-order chi connectivity index (χ1) is 18.0. The molecule has 0 rings (SSSR count). The molecule has 0 aliphatic heterocycles. The molecule has 0 radical (unpaired) electrons. The minimum atomic E-state index is -3.92. The van der Waals surface area contributed by atoms with E-state index in [1.54, 1.807) is 0 Å². The number of carbonyl (C=O) groups is 2. The molecular formula is C32H64O4Pb. The van der Waals surface area contributed by atoms with Crippen LogP contribution in [-0.2, 0) is 15.0 Å². The molecular weight excluding hydrogens is 656 g/mol. The van der Waals surface area contributed by atoms with Crippen LogP contribution in [0.2, 0.25) is 7.96 Å². The van der Waals surface area contributed by atoms with Gasteiger partial charge in [0.15, 0.2) is 0 Å². The van der Waals surface area contributed by atoms with Crippen molar-refractivity contribution in [3.05, 3.63) is 0 Å². The minimum Gasteiger partial charge on any atom is -0.0654 e. The van der Waals surface area contributed by atoms with Crippen LogP contribution in [-0.4, -0.2) is 34.0 Å². The summed E-state index contributed by atoms with van der Waals surface area (Å²) < 4.78 is 14.1. The Hall–Kier alpha value is -0.138. The zero-order chi connectivity index (χ0) is 27.5. The Balaban J connectivity index is 4.49. The zero-order valence-electron chi connectivity index (χ0n) is 25.5. The van der Waals surface area contributed by atoms with E-state index in [1.807, 2.05) is 0 Å². The van der Waals surface area contributed by atoms with Gasteiger partial charge >= 0.3 is 225 Å². The van der Waals surface area contributed by atoms with Gasteiger partial charge in [0.2, 0.25) is 0 Å². The molecule has 0 saturated heterocycles. The van der Waals surface area contributed by atoms with Crippen LogP contribution >= 0.6 is 0 Å². The van der Waals surface area contributed by atoms with Crippen LogP contribution in [0, 0.1) is 0 Å². The van der Waals surface area contributed by atoms with Crippen LogP contribution in [0.15, 0.2) is 0 Å². The Morgan fingerprint density at radius 2 is 0.676 bits per heavy atom. The van der Waals surface area contributed by atoms with Gasteiger partial charge in [-0.3, -0.25) is 0 Å². The fourth-order valence-corrected chi connectivity index (χ4v) is 18.6. The van der Waals surface area contributed by atoms with Gasteiger partial charge in [0.05, 0.1) is 0 Å². The molecule has 0 amide bonds. The van der Waals surface area contributed by atoms with E-state index in [2.05, 4.69) is 27.7 Å². The second kappa shape index (κ2) is 27.4. The molecule has 0 spiro atoms. The summed E-state index contributed by atoms with van der Waals surface area (Å²) in [5.41, 5.74) is 0. The Labute approximate surface area is 237 Å². The van der Waals surface area contributed by atoms with Crippen molar-refractivity contribution in [3.63, 3.8) is 0 Å². The molecule has 0 atom stereocenters. The van der Waals surface area contributed by atoms with Crippen LogP contribution in [0.3, 0.4) is 0 Å². The second-order valence-electron chi connectivity index (χ2n) is 11.2. The molecule has 37 heavy (non-hydrogen) atoms. The quantitative estimate of drug-likeness (QED) is 0.0597. The van der Waals surface area contributed by atoms with E-state index in [-0.39, 0.29) is 11.9 Å². The third-order valence-electron chi connectivity index (χ3n) is 7.39. The average molecular weight is 720 g/mol. The molecule has 0 bridgehead atoms. The average Bonchev–Trinajstić information content (AvgIpc) is 2.88. The van der Waals surface area contributed by atoms with Crippen molar-refractivity contribution in [1.29, 1.82) is 0 Å². The first-order valence-electron chi connectivity index (χ1n) is 16.5. The molecule has 220 valence electrons. The summed E-state index contributed by atoms with van der Waals surface area (Å²) >= 11 is -3.92. The minimum absolute atomic E-state index is 0.104. The predicted octanol–water partition coefficient (Wildman–Crippen LogP) is 11.0. The summed E-state index contributed by atoms with van der Waals surface area (Å²) in [6.07, 6.45) is 27.2. The van der Waals surface area contributed by atoms with Crippen LogP contribution in [0.1, 0.15) is 182 Å². The SMILES string of the molecule is CCCCCCCCCCCC(=O)[O][Pb]([CH2]CCC)([CH2]CCC)[O]C(=O)CCCCCCCCCCC. The van der Waals surface area contributed by atoms with Crippen molar-refractivity contribution >= 4 is 34.0 Å². The van der Waals surface area contributed by atoms with E-state index in [0.29, 0.717) is 12.8 Å². The van der Waals surface area contributed by atoms with Gasteiger partial charge in [0.1, 0.15) is 0 Å². The second-order valence-corrected chi connectivity index (χ2v) is 23.8. The molecule has 0 aromatic carbocycles. The molecule has 0 aliphatic carbocycles. The number of hydrogen-bond donors (Lipinski definition) is 0. The van der Waals surface area contributed by atoms with Crippen molar-refractivity contribution in [2.75, 3.05) is 0 Å². The monoisotopic (exact) mass is 720 g/mol. The van der Waals surface area contributed by atoms with Crippen LogP contribution < -0.4 is 0 Å². The summed E-state index contributed by atoms with van der Waals surface area (Å²) in [4.78, 5) is 25.7. The molecule has 0 aromatic rings. The Kier molecular flexibility index (Phi) is 27.3. The van der Waals surface area contributed by atoms with E-state index in [0.717, 1.165) is 59.3 Å². The maximum atomic E-state index is 12.8. The van der Waals surface area contributed by atoms with Gasteiger partial charge in [-0.2, -0.15) is 0 Å². The van der Waals surface area contributed by atoms with E-state index in [9.17, 15) is 9.59 Å². The normalized spacial score (nSPS) is 11.6. The standard InChI is InChI=1S/2C12H24O2.2C4H9.Pb/c2*1-2-3-4-5-6-7-8-9-10-11-12(13)14;2*1-3-4-2;/h2*2-11H2,1H3,(H,13,14);2*1,3-4H2,2H3;/q;;;;+2/p-2. The zero-order valence-corrected chi connectivity index (χ0v) is 29.4. The molecule has 0 unspecified atom stereocenters. The first kappa shape index (κ1) is 36.9. The van der Waals surface area contributed by atoms with Crippen LogP contribution in [0.4, 0.5) is 0 Å². The summed E-state index contributed by atoms with van der Waals surface area (Å²) in [6.45, 7) is 8.82. The number of carbonyl (C=O) groups excluding carboxylic acids is 2. The maximum absolute atomic E-state index is 12.8. The molecule has 4 nitrogen and oxygen atoms in total. The first-order valence-corrected chi connectivity index (χ1v) is 25.1. The van der Waals surface area contributed by atoms with Gasteiger partial charge in [-0.15, -0.1) is 0 Å². The topological polar surface area (TPSA) is 52.6 Å². The van der Waals surface area contributed by atoms with Crippen LogP contribution in [0.5, 0.6) is 0 Å². The smallest absolute Gasteiger partial charge is 0.0654 e. The number of rotatable bonds is 28. The molecule has 0 aliphatic rings. The van der Waals surface area contributed by atoms with Gasteiger partial charge in [0, 0.05) is 0 Å². The summed E-state index contributed by atoms with van der Waals surface area (Å²) in [5, 5.41) is 0. The number of hydrogen-bond acceptors (Lipinski definition) is 4. The molecule has 0 fully saturated rings. The van der Waals surface area contributed by atoms with Crippen molar-refractivity contribution in [2.24, 2.45) is 0 Å². The fraction of sp³-hybridized carbons (Fsp3) is 0.938. The Morgan fingerprint density at radius 3 is 0.973 bits per heavy atom. The molecule has 0 aromatic heterocycles. The summed E-state index contributed by atoms with van der Waals surface area (Å²) in [6, 6.07) is 0. The van der Waals surface area contributed by atoms with Gasteiger partial charge in [-0.1, -0.05) is 13.8 Å². The van der Waals surface area contributed by atoms with E-state index < -0.39 is 22.1 Å². The van der Waals surface area contributed by atoms with E-state index in [4.69, 9.17) is 5.37 Å². The van der Waals surface area contributed by atoms with Gasteiger partial charge < -0.3 is 0 Å². The third kappa shape index (κ3) is 23.5. The molecule has 0 N–H and O–H groups in total. The molecule has 0 saturated carbocycles. The predicted molar refractivity (Wildman–Crippen MR) is 161 cm³/mol. The van der Waals surface area contributed by atoms with Gasteiger partial charge in [-0.25, -0.2) is 0 Å². The van der Waals surface area contributed by atoms with Crippen LogP contribution in [0.25, 0.3) is 0 Å². The van der Waals surface area contributed by atoms with Gasteiger partial charge in [0.25, 0.3) is 0 Å². The van der Waals surface area contributed by atoms with E-state index in [1.165, 1.54) is 89.9 Å². The van der Waals surface area contributed by atoms with Crippen molar-refractivity contribution < 1.29 is 15.0 Å². The fourth-order valence-electron chi connectivity index (χ4n) is 4.92. The molecule has 5 heteroatoms. The Morgan fingerprint density at radius 1 is 0.405 bits per heavy atom. The van der Waals surface area contributed by atoms with Crippen molar-refractivity contribution in [3.8, 4) is 0 Å². The van der Waals surface area contributed by atoms with E-state index >= 15 is 0 Å². The van der Waals surface area contributed by atoms with Gasteiger partial charge in [-0.05, 0) is 0 Å². The molecule has 0 heterocycles. The number of unbranched alkanes of at least 4 members (excludes halogenated alkanes) is 18. The third-order valence-corrected chi connectivity index (χ3v) is 20.7. The van der Waals surface area contributed by atoms with Crippen molar-refractivity contribution in [1.82, 2.24) is 0 Å². The summed E-state index contributed by atoms with van der Waals surface area (Å²) in [7, 11) is 0.